The van der Waals surface area contributed by atoms with E-state index in [4.69, 9.17) is 4.74 Å². The van der Waals surface area contributed by atoms with Gasteiger partial charge < -0.3 is 20.7 Å². The first-order valence-corrected chi connectivity index (χ1v) is 10.3. The Morgan fingerprint density at radius 1 is 1.30 bits per heavy atom. The van der Waals surface area contributed by atoms with Crippen LogP contribution in [0.3, 0.4) is 0 Å². The molecule has 0 aliphatic rings. The van der Waals surface area contributed by atoms with Gasteiger partial charge in [-0.25, -0.2) is 0 Å². The van der Waals surface area contributed by atoms with E-state index in [1.165, 1.54) is 11.3 Å². The Balaban J connectivity index is 1.87. The SMILES string of the molecule is CCNC(=O)COc1cccc(CNC(=NC)NC(C)Cc2c(C)nn(C)c2C)c1. The summed E-state index contributed by atoms with van der Waals surface area (Å²) >= 11 is 0. The number of likely N-dealkylation sites (N-methyl/N-ethyl adjacent to an activating group) is 1. The monoisotopic (exact) mass is 414 g/mol. The molecule has 0 bridgehead atoms. The molecule has 164 valence electrons. The van der Waals surface area contributed by atoms with Crippen molar-refractivity contribution in [3.8, 4) is 5.75 Å². The van der Waals surface area contributed by atoms with Gasteiger partial charge in [-0.1, -0.05) is 12.1 Å². The van der Waals surface area contributed by atoms with Crippen molar-refractivity contribution in [2.45, 2.75) is 46.7 Å². The summed E-state index contributed by atoms with van der Waals surface area (Å²) in [4.78, 5) is 15.9. The van der Waals surface area contributed by atoms with Crippen LogP contribution in [0.15, 0.2) is 29.3 Å². The number of nitrogens with zero attached hydrogens (tertiary/aromatic N) is 3. The maximum absolute atomic E-state index is 11.6. The number of benzene rings is 1. The van der Waals surface area contributed by atoms with Crippen LogP contribution in [-0.2, 0) is 24.8 Å². The lowest BCUT2D eigenvalue weighted by atomic mass is 10.1. The second-order valence-electron chi connectivity index (χ2n) is 7.34. The number of guanidine groups is 1. The number of amides is 1. The molecule has 0 saturated heterocycles. The molecule has 2 rings (SSSR count). The highest BCUT2D eigenvalue weighted by Crippen LogP contribution is 2.15. The van der Waals surface area contributed by atoms with Crippen LogP contribution >= 0.6 is 0 Å². The fraction of sp³-hybridized carbons (Fsp3) is 0.500. The van der Waals surface area contributed by atoms with Crippen LogP contribution < -0.4 is 20.7 Å². The third-order valence-electron chi connectivity index (χ3n) is 4.88. The van der Waals surface area contributed by atoms with Crippen LogP contribution in [0.4, 0.5) is 0 Å². The van der Waals surface area contributed by atoms with Crippen molar-refractivity contribution < 1.29 is 9.53 Å². The normalized spacial score (nSPS) is 12.4. The van der Waals surface area contributed by atoms with Crippen molar-refractivity contribution in [1.82, 2.24) is 25.7 Å². The summed E-state index contributed by atoms with van der Waals surface area (Å²) in [6.45, 7) is 9.35. The Bertz CT molecular complexity index is 875. The van der Waals surface area contributed by atoms with E-state index in [0.717, 1.165) is 23.6 Å². The van der Waals surface area contributed by atoms with Gasteiger partial charge in [0, 0.05) is 38.9 Å². The predicted molar refractivity (Wildman–Crippen MR) is 120 cm³/mol. The first kappa shape index (κ1) is 23.3. The van der Waals surface area contributed by atoms with Gasteiger partial charge in [0.2, 0.25) is 0 Å². The molecule has 1 heterocycles. The minimum Gasteiger partial charge on any atom is -0.484 e. The molecule has 1 atom stereocenters. The van der Waals surface area contributed by atoms with Crippen molar-refractivity contribution >= 4 is 11.9 Å². The van der Waals surface area contributed by atoms with Crippen LogP contribution in [0.5, 0.6) is 5.75 Å². The van der Waals surface area contributed by atoms with Gasteiger partial charge in [0.25, 0.3) is 5.91 Å². The molecule has 1 aromatic heterocycles. The lowest BCUT2D eigenvalue weighted by molar-refractivity contribution is -0.122. The lowest BCUT2D eigenvalue weighted by Gasteiger charge is -2.18. The highest BCUT2D eigenvalue weighted by molar-refractivity contribution is 5.80. The third-order valence-corrected chi connectivity index (χ3v) is 4.88. The largest absolute Gasteiger partial charge is 0.484 e. The van der Waals surface area contributed by atoms with Crippen LogP contribution in [-0.4, -0.2) is 47.9 Å². The number of hydrogen-bond donors (Lipinski definition) is 3. The van der Waals surface area contributed by atoms with E-state index in [0.29, 0.717) is 18.8 Å². The second kappa shape index (κ2) is 11.2. The maximum Gasteiger partial charge on any atom is 0.257 e. The van der Waals surface area contributed by atoms with Gasteiger partial charge in [-0.05, 0) is 57.4 Å². The Hall–Kier alpha value is -3.03. The van der Waals surface area contributed by atoms with Crippen LogP contribution in [0.25, 0.3) is 0 Å². The number of carbonyl (C=O) groups excluding carboxylic acids is 1. The summed E-state index contributed by atoms with van der Waals surface area (Å²) < 4.78 is 7.48. The highest BCUT2D eigenvalue weighted by Gasteiger charge is 2.14. The van der Waals surface area contributed by atoms with Crippen LogP contribution in [0.1, 0.15) is 36.4 Å². The number of rotatable bonds is 9. The molecule has 0 spiro atoms. The smallest absolute Gasteiger partial charge is 0.257 e. The first-order valence-electron chi connectivity index (χ1n) is 10.3. The number of aromatic nitrogens is 2. The summed E-state index contributed by atoms with van der Waals surface area (Å²) in [6.07, 6.45) is 0.870. The van der Waals surface area contributed by atoms with Crippen molar-refractivity contribution in [1.29, 1.82) is 0 Å². The number of hydrogen-bond acceptors (Lipinski definition) is 4. The fourth-order valence-corrected chi connectivity index (χ4v) is 3.23. The molecule has 8 nitrogen and oxygen atoms in total. The summed E-state index contributed by atoms with van der Waals surface area (Å²) in [5, 5.41) is 14.0. The standard InChI is InChI=1S/C22H34N6O2/c1-7-24-21(29)14-30-19-10-8-9-18(12-19)13-25-22(23-5)26-15(2)11-20-16(3)27-28(6)17(20)4/h8-10,12,15H,7,11,13-14H2,1-6H3,(H,24,29)(H2,23,25,26). The Labute approximate surface area is 179 Å². The third kappa shape index (κ3) is 6.79. The van der Waals surface area contributed by atoms with Crippen molar-refractivity contribution in [2.24, 2.45) is 12.0 Å². The first-order chi connectivity index (χ1) is 14.3. The van der Waals surface area contributed by atoms with E-state index >= 15 is 0 Å². The Morgan fingerprint density at radius 3 is 2.70 bits per heavy atom. The van der Waals surface area contributed by atoms with E-state index in [1.54, 1.807) is 7.05 Å². The summed E-state index contributed by atoms with van der Waals surface area (Å²) in [7, 11) is 3.73. The van der Waals surface area contributed by atoms with Gasteiger partial charge >= 0.3 is 0 Å². The molecule has 30 heavy (non-hydrogen) atoms. The Kier molecular flexibility index (Phi) is 8.70. The fourth-order valence-electron chi connectivity index (χ4n) is 3.23. The zero-order valence-corrected chi connectivity index (χ0v) is 18.9. The quantitative estimate of drug-likeness (QED) is 0.430. The van der Waals surface area contributed by atoms with Gasteiger partial charge in [0.1, 0.15) is 5.75 Å². The molecule has 0 radical (unpaired) electrons. The zero-order chi connectivity index (χ0) is 22.1. The molecule has 0 aliphatic carbocycles. The van der Waals surface area contributed by atoms with E-state index in [9.17, 15) is 4.79 Å². The second-order valence-corrected chi connectivity index (χ2v) is 7.34. The van der Waals surface area contributed by atoms with E-state index in [1.807, 2.05) is 49.8 Å². The molecule has 0 aliphatic heterocycles. The number of aryl methyl sites for hydroxylation is 2. The summed E-state index contributed by atoms with van der Waals surface area (Å²) in [6, 6.07) is 7.88. The zero-order valence-electron chi connectivity index (χ0n) is 18.9. The van der Waals surface area contributed by atoms with E-state index < -0.39 is 0 Å². The highest BCUT2D eigenvalue weighted by atomic mass is 16.5. The summed E-state index contributed by atoms with van der Waals surface area (Å²) in [5.74, 6) is 1.27. The molecule has 8 heteroatoms. The molecule has 1 aromatic carbocycles. The number of ether oxygens (including phenoxy) is 1. The molecule has 1 amide bonds. The van der Waals surface area contributed by atoms with Gasteiger partial charge in [0.15, 0.2) is 12.6 Å². The minimum absolute atomic E-state index is 0.0125. The molecular formula is C22H34N6O2. The predicted octanol–water partition coefficient (Wildman–Crippen LogP) is 1.85. The summed E-state index contributed by atoms with van der Waals surface area (Å²) in [5.41, 5.74) is 4.56. The molecular weight excluding hydrogens is 380 g/mol. The molecule has 1 unspecified atom stereocenters. The van der Waals surface area contributed by atoms with Crippen molar-refractivity contribution in [3.05, 3.63) is 46.8 Å². The minimum atomic E-state index is -0.126. The number of carbonyl (C=O) groups is 1. The number of nitrogens with one attached hydrogen (secondary N) is 3. The molecule has 3 N–H and O–H groups in total. The van der Waals surface area contributed by atoms with Crippen molar-refractivity contribution in [2.75, 3.05) is 20.2 Å². The molecule has 0 fully saturated rings. The lowest BCUT2D eigenvalue weighted by Crippen LogP contribution is -2.42. The van der Waals surface area contributed by atoms with Crippen molar-refractivity contribution in [3.63, 3.8) is 0 Å². The average Bonchev–Trinajstić information content (AvgIpc) is 2.96. The Morgan fingerprint density at radius 2 is 2.07 bits per heavy atom. The average molecular weight is 415 g/mol. The van der Waals surface area contributed by atoms with E-state index in [-0.39, 0.29) is 18.6 Å². The van der Waals surface area contributed by atoms with Gasteiger partial charge in [0.05, 0.1) is 5.69 Å². The van der Waals surface area contributed by atoms with Crippen LogP contribution in [0, 0.1) is 13.8 Å². The van der Waals surface area contributed by atoms with Gasteiger partial charge in [-0.15, -0.1) is 0 Å². The van der Waals surface area contributed by atoms with Crippen LogP contribution in [0.2, 0.25) is 0 Å². The van der Waals surface area contributed by atoms with Gasteiger partial charge in [-0.3, -0.25) is 14.5 Å². The topological polar surface area (TPSA) is 92.6 Å². The number of aliphatic imine (C=N–C) groups is 1. The maximum atomic E-state index is 11.6. The van der Waals surface area contributed by atoms with Gasteiger partial charge in [-0.2, -0.15) is 5.10 Å². The molecule has 0 saturated carbocycles. The molecule has 2 aromatic rings. The van der Waals surface area contributed by atoms with E-state index in [2.05, 4.69) is 39.9 Å².